The van der Waals surface area contributed by atoms with Gasteiger partial charge in [0, 0.05) is 16.1 Å². The molecule has 1 aromatic heterocycles. The van der Waals surface area contributed by atoms with E-state index in [0.717, 1.165) is 36.1 Å². The molecule has 0 unspecified atom stereocenters. The molecule has 0 saturated carbocycles. The number of hydrogen-bond acceptors (Lipinski definition) is 6. The van der Waals surface area contributed by atoms with Crippen molar-refractivity contribution in [2.24, 2.45) is 0 Å². The first kappa shape index (κ1) is 19.9. The minimum Gasteiger partial charge on any atom is -0.462 e. The van der Waals surface area contributed by atoms with Crippen molar-refractivity contribution in [2.75, 3.05) is 17.2 Å². The normalized spacial score (nSPS) is 16.1. The Bertz CT molecular complexity index is 1140. The third-order valence-electron chi connectivity index (χ3n) is 5.14. The fourth-order valence-corrected chi connectivity index (χ4v) is 5.10. The molecular formula is C22H19N3O4S. The summed E-state index contributed by atoms with van der Waals surface area (Å²) in [5, 5.41) is 15.4. The van der Waals surface area contributed by atoms with Crippen LogP contribution in [0.2, 0.25) is 0 Å². The van der Waals surface area contributed by atoms with Crippen molar-refractivity contribution < 1.29 is 19.1 Å². The van der Waals surface area contributed by atoms with Crippen molar-refractivity contribution in [1.82, 2.24) is 0 Å². The van der Waals surface area contributed by atoms with E-state index >= 15 is 0 Å². The van der Waals surface area contributed by atoms with E-state index in [0.29, 0.717) is 21.8 Å². The van der Waals surface area contributed by atoms with Gasteiger partial charge in [-0.25, -0.2) is 4.79 Å². The van der Waals surface area contributed by atoms with Gasteiger partial charge in [0.1, 0.15) is 16.6 Å². The summed E-state index contributed by atoms with van der Waals surface area (Å²) in [5.41, 5.74) is 2.07. The van der Waals surface area contributed by atoms with Gasteiger partial charge in [-0.15, -0.1) is 11.3 Å². The van der Waals surface area contributed by atoms with Crippen molar-refractivity contribution >= 4 is 45.4 Å². The van der Waals surface area contributed by atoms with E-state index in [9.17, 15) is 19.6 Å². The first-order valence-corrected chi connectivity index (χ1v) is 10.5. The molecule has 152 valence electrons. The zero-order valence-electron chi connectivity index (χ0n) is 16.3. The highest BCUT2D eigenvalue weighted by molar-refractivity contribution is 7.17. The summed E-state index contributed by atoms with van der Waals surface area (Å²) in [5.74, 6) is -1.70. The average molecular weight is 421 g/mol. The molecule has 4 rings (SSSR count). The van der Waals surface area contributed by atoms with Gasteiger partial charge in [0.2, 0.25) is 0 Å². The maximum Gasteiger partial charge on any atom is 0.341 e. The Hall–Kier alpha value is -3.44. The summed E-state index contributed by atoms with van der Waals surface area (Å²) in [7, 11) is 0. The van der Waals surface area contributed by atoms with Crippen molar-refractivity contribution in [1.29, 1.82) is 5.26 Å². The number of ether oxygens (including phenoxy) is 1. The van der Waals surface area contributed by atoms with Crippen LogP contribution < -0.4 is 10.6 Å². The minimum absolute atomic E-state index is 0.0320. The summed E-state index contributed by atoms with van der Waals surface area (Å²) < 4.78 is 5.20. The molecule has 2 N–H and O–H groups in total. The van der Waals surface area contributed by atoms with Crippen LogP contribution in [0, 0.1) is 11.3 Å². The van der Waals surface area contributed by atoms with Gasteiger partial charge in [-0.1, -0.05) is 18.2 Å². The molecule has 0 radical (unpaired) electrons. The number of carbonyl (C=O) groups is 3. The van der Waals surface area contributed by atoms with Crippen LogP contribution in [0.15, 0.2) is 29.8 Å². The van der Waals surface area contributed by atoms with E-state index in [1.165, 1.54) is 11.3 Å². The molecule has 2 amide bonds. The summed E-state index contributed by atoms with van der Waals surface area (Å²) in [4.78, 5) is 39.1. The summed E-state index contributed by atoms with van der Waals surface area (Å²) in [6.07, 6.45) is 3.57. The number of carbonyl (C=O) groups excluding carboxylic acids is 3. The standard InChI is InChI=1S/C22H19N3O4S/c1-2-29-22(28)18-13-8-4-6-10-16(13)30-21(18)25-19(26)14(11-23)17-12-7-3-5-9-15(12)24-20(17)27/h3,5,7,9H,2,4,6,8,10H2,1H3,(H,24,27)(H,25,26). The summed E-state index contributed by atoms with van der Waals surface area (Å²) >= 11 is 1.34. The zero-order chi connectivity index (χ0) is 21.3. The fraction of sp³-hybridized carbons (Fsp3) is 0.273. The van der Waals surface area contributed by atoms with Crippen LogP contribution in [-0.4, -0.2) is 24.4 Å². The van der Waals surface area contributed by atoms with Crippen molar-refractivity contribution in [3.05, 3.63) is 51.4 Å². The Kier molecular flexibility index (Phi) is 5.38. The topological polar surface area (TPSA) is 108 Å². The number of nitriles is 1. The average Bonchev–Trinajstić information content (AvgIpc) is 3.26. The Morgan fingerprint density at radius 3 is 2.80 bits per heavy atom. The molecular weight excluding hydrogens is 402 g/mol. The highest BCUT2D eigenvalue weighted by Crippen LogP contribution is 2.39. The summed E-state index contributed by atoms with van der Waals surface area (Å²) in [6.45, 7) is 1.95. The largest absolute Gasteiger partial charge is 0.462 e. The number of anilines is 2. The monoisotopic (exact) mass is 421 g/mol. The molecule has 0 spiro atoms. The van der Waals surface area contributed by atoms with Gasteiger partial charge in [0.15, 0.2) is 0 Å². The van der Waals surface area contributed by atoms with E-state index in [1.54, 1.807) is 31.2 Å². The second kappa shape index (κ2) is 8.13. The number of hydrogen-bond donors (Lipinski definition) is 2. The number of benzene rings is 1. The number of esters is 1. The maximum atomic E-state index is 13.0. The van der Waals surface area contributed by atoms with Crippen LogP contribution in [0.1, 0.15) is 46.1 Å². The van der Waals surface area contributed by atoms with Crippen LogP contribution >= 0.6 is 11.3 Å². The molecule has 30 heavy (non-hydrogen) atoms. The Morgan fingerprint density at radius 2 is 2.03 bits per heavy atom. The lowest BCUT2D eigenvalue weighted by molar-refractivity contribution is -0.113. The van der Waals surface area contributed by atoms with Gasteiger partial charge >= 0.3 is 5.97 Å². The molecule has 2 heterocycles. The predicted octanol–water partition coefficient (Wildman–Crippen LogP) is 3.67. The van der Waals surface area contributed by atoms with E-state index in [-0.39, 0.29) is 17.8 Å². The number of para-hydroxylation sites is 1. The van der Waals surface area contributed by atoms with Gasteiger partial charge in [0.25, 0.3) is 11.8 Å². The van der Waals surface area contributed by atoms with Crippen molar-refractivity contribution in [3.8, 4) is 6.07 Å². The first-order valence-electron chi connectivity index (χ1n) is 9.73. The number of thiophene rings is 1. The van der Waals surface area contributed by atoms with Gasteiger partial charge in [-0.05, 0) is 44.2 Å². The van der Waals surface area contributed by atoms with E-state index < -0.39 is 17.8 Å². The molecule has 1 aliphatic heterocycles. The first-order chi connectivity index (χ1) is 14.5. The zero-order valence-corrected chi connectivity index (χ0v) is 17.1. The molecule has 2 aliphatic rings. The molecule has 8 heteroatoms. The lowest BCUT2D eigenvalue weighted by Crippen LogP contribution is -2.19. The van der Waals surface area contributed by atoms with Crippen LogP contribution in [0.25, 0.3) is 5.57 Å². The number of nitrogens with one attached hydrogen (secondary N) is 2. The second-order valence-corrected chi connectivity index (χ2v) is 8.06. The van der Waals surface area contributed by atoms with E-state index in [2.05, 4.69) is 10.6 Å². The number of nitrogens with zero attached hydrogens (tertiary/aromatic N) is 1. The number of aryl methyl sites for hydroxylation is 1. The lowest BCUT2D eigenvalue weighted by atomic mass is 9.95. The fourth-order valence-electron chi connectivity index (χ4n) is 3.82. The number of rotatable bonds is 4. The molecule has 1 aliphatic carbocycles. The minimum atomic E-state index is -0.719. The number of amides is 2. The highest BCUT2D eigenvalue weighted by atomic mass is 32.1. The quantitative estimate of drug-likeness (QED) is 0.445. The van der Waals surface area contributed by atoms with E-state index in [1.807, 2.05) is 6.07 Å². The lowest BCUT2D eigenvalue weighted by Gasteiger charge is -2.12. The second-order valence-electron chi connectivity index (χ2n) is 6.95. The van der Waals surface area contributed by atoms with Gasteiger partial charge in [-0.3, -0.25) is 9.59 Å². The number of fused-ring (bicyclic) bond motifs is 2. The van der Waals surface area contributed by atoms with Gasteiger partial charge in [0.05, 0.1) is 17.7 Å². The Morgan fingerprint density at radius 1 is 1.27 bits per heavy atom. The molecule has 0 fully saturated rings. The molecule has 7 nitrogen and oxygen atoms in total. The maximum absolute atomic E-state index is 13.0. The van der Waals surface area contributed by atoms with Gasteiger partial charge in [-0.2, -0.15) is 5.26 Å². The van der Waals surface area contributed by atoms with Crippen molar-refractivity contribution in [3.63, 3.8) is 0 Å². The van der Waals surface area contributed by atoms with Crippen LogP contribution in [0.3, 0.4) is 0 Å². The Labute approximate surface area is 177 Å². The van der Waals surface area contributed by atoms with Crippen LogP contribution in [0.4, 0.5) is 10.7 Å². The van der Waals surface area contributed by atoms with E-state index in [4.69, 9.17) is 4.74 Å². The van der Waals surface area contributed by atoms with Gasteiger partial charge < -0.3 is 15.4 Å². The Balaban J connectivity index is 1.74. The smallest absolute Gasteiger partial charge is 0.341 e. The van der Waals surface area contributed by atoms with Crippen LogP contribution in [0.5, 0.6) is 0 Å². The van der Waals surface area contributed by atoms with Crippen molar-refractivity contribution in [2.45, 2.75) is 32.6 Å². The molecule has 0 atom stereocenters. The molecule has 1 aromatic carbocycles. The van der Waals surface area contributed by atoms with Crippen LogP contribution in [-0.2, 0) is 27.2 Å². The third kappa shape index (κ3) is 3.37. The SMILES string of the molecule is CCOC(=O)c1c(NC(=O)C(C#N)=C2C(=O)Nc3ccccc32)sc2c1CCCC2. The molecule has 2 aromatic rings. The third-order valence-corrected chi connectivity index (χ3v) is 6.35. The highest BCUT2D eigenvalue weighted by Gasteiger charge is 2.32. The summed E-state index contributed by atoms with van der Waals surface area (Å²) in [6, 6.07) is 8.75. The predicted molar refractivity (Wildman–Crippen MR) is 113 cm³/mol. The molecule has 0 bridgehead atoms. The molecule has 0 saturated heterocycles.